The van der Waals surface area contributed by atoms with Gasteiger partial charge in [0.25, 0.3) is 5.91 Å². The van der Waals surface area contributed by atoms with Crippen LogP contribution in [0, 0.1) is 19.3 Å². The van der Waals surface area contributed by atoms with Gasteiger partial charge in [-0.15, -0.1) is 11.3 Å². The van der Waals surface area contributed by atoms with Gasteiger partial charge in [-0.25, -0.2) is 9.37 Å². The van der Waals surface area contributed by atoms with Crippen molar-refractivity contribution in [3.63, 3.8) is 0 Å². The molecule has 0 unspecified atom stereocenters. The van der Waals surface area contributed by atoms with Crippen LogP contribution in [0.4, 0.5) is 21.7 Å². The lowest BCUT2D eigenvalue weighted by atomic mass is 9.85. The molecule has 0 radical (unpaired) electrons. The van der Waals surface area contributed by atoms with Crippen LogP contribution in [-0.4, -0.2) is 131 Å². The molecule has 5 amide bonds. The summed E-state index contributed by atoms with van der Waals surface area (Å²) in [5, 5.41) is 26.8. The number of aliphatic hydroxyl groups is 1. The van der Waals surface area contributed by atoms with E-state index in [4.69, 9.17) is 9.47 Å². The number of anilines is 3. The van der Waals surface area contributed by atoms with E-state index >= 15 is 0 Å². The number of hydrogen-bond donors (Lipinski definition) is 6. The molecule has 1 aliphatic carbocycles. The third-order valence-corrected chi connectivity index (χ3v) is 15.3. The number of thiazole rings is 1. The fraction of sp³-hybridized carbons (Fsp3) is 0.475. The van der Waals surface area contributed by atoms with Gasteiger partial charge in [0.15, 0.2) is 11.5 Å². The van der Waals surface area contributed by atoms with Crippen molar-refractivity contribution in [2.75, 3.05) is 61.6 Å². The maximum Gasteiger partial charge on any atom is 0.320 e. The quantitative estimate of drug-likeness (QED) is 0.0190. The van der Waals surface area contributed by atoms with Gasteiger partial charge in [0.1, 0.15) is 17.9 Å². The standard InChI is InChI=1S/C59H74FN11O8S/c1-38-10-9-11-41(32-38)35-63-69-48-34-49(70-27-30-78-31-28-70)67-57(66-48)79-29-23-40-13-19-44(20-14-40)64-51(74)12-7-6-8-26-61-50(73)22-21-46(42-15-17-43(18-16-42)52-39(2)62-37-80-52)65-54(75)47-33-45(72)36-71(47)55(76)53(58(3,4)5)68-56(77)59(60)24-25-59/h9-11,13-20,32,34-35,37,45-47,53,72H,6-8,12,21-31,33,36H2,1-5H3,(H,61,73)(H,64,74)(H,65,75)(H,68,77)(H,66,67,69)/b63-35+/t45-,46+,47+,53-/m1/s1. The average Bonchev–Trinajstić information content (AvgIpc) is 3.88. The fourth-order valence-electron chi connectivity index (χ4n) is 9.58. The largest absolute Gasteiger partial charge is 0.463 e. The van der Waals surface area contributed by atoms with Gasteiger partial charge in [-0.05, 0) is 85.8 Å². The van der Waals surface area contributed by atoms with Crippen molar-refractivity contribution in [1.29, 1.82) is 0 Å². The molecule has 1 saturated carbocycles. The number of amides is 5. The molecular formula is C59H74FN11O8S. The van der Waals surface area contributed by atoms with Crippen molar-refractivity contribution in [2.24, 2.45) is 10.5 Å². The maximum atomic E-state index is 14.8. The van der Waals surface area contributed by atoms with Gasteiger partial charge in [-0.2, -0.15) is 15.1 Å². The number of aromatic nitrogens is 3. The molecule has 6 N–H and O–H groups in total. The summed E-state index contributed by atoms with van der Waals surface area (Å²) in [7, 11) is 0. The summed E-state index contributed by atoms with van der Waals surface area (Å²) in [6.45, 7) is 12.4. The van der Waals surface area contributed by atoms with Crippen LogP contribution >= 0.6 is 11.3 Å². The molecule has 2 saturated heterocycles. The summed E-state index contributed by atoms with van der Waals surface area (Å²) in [6.07, 6.45) is 4.09. The van der Waals surface area contributed by atoms with Crippen LogP contribution in [-0.2, 0) is 35.1 Å². The van der Waals surface area contributed by atoms with Crippen LogP contribution < -0.4 is 36.3 Å². The van der Waals surface area contributed by atoms with E-state index in [0.29, 0.717) is 83.1 Å². The lowest BCUT2D eigenvalue weighted by Gasteiger charge is -2.36. The number of alkyl halides is 1. The lowest BCUT2D eigenvalue weighted by Crippen LogP contribution is -2.59. The summed E-state index contributed by atoms with van der Waals surface area (Å²) in [5.74, 6) is -1.04. The van der Waals surface area contributed by atoms with Crippen molar-refractivity contribution in [3.8, 4) is 16.5 Å². The second-order valence-corrected chi connectivity index (χ2v) is 22.8. The van der Waals surface area contributed by atoms with Crippen LogP contribution in [0.5, 0.6) is 6.01 Å². The number of rotatable bonds is 25. The molecule has 3 aromatic carbocycles. The fourth-order valence-corrected chi connectivity index (χ4v) is 10.4. The van der Waals surface area contributed by atoms with Crippen molar-refractivity contribution in [2.45, 2.75) is 129 Å². The normalized spacial score (nSPS) is 17.6. The first-order valence-electron chi connectivity index (χ1n) is 27.6. The number of hydrazone groups is 1. The highest BCUT2D eigenvalue weighted by Gasteiger charge is 2.53. The number of benzene rings is 3. The number of hydrogen-bond acceptors (Lipinski definition) is 15. The number of β-amino-alcohol motifs (C(OH)–C–C–N with tert-alkyl or cyclic N) is 1. The first kappa shape index (κ1) is 58.8. The molecule has 3 fully saturated rings. The van der Waals surface area contributed by atoms with Gasteiger partial charge in [-0.3, -0.25) is 29.4 Å². The highest BCUT2D eigenvalue weighted by molar-refractivity contribution is 7.13. The minimum Gasteiger partial charge on any atom is -0.463 e. The maximum absolute atomic E-state index is 14.8. The average molecular weight is 1120 g/mol. The third-order valence-electron chi connectivity index (χ3n) is 14.4. The number of ether oxygens (including phenoxy) is 2. The van der Waals surface area contributed by atoms with E-state index < -0.39 is 53.0 Å². The SMILES string of the molecule is Cc1cccc(/C=N/Nc2cc(N3CCOCC3)nc(OCCc3ccc(NC(=O)CCCCCNC(=O)CC[C@H](NC(=O)[C@@H]4C[C@@H](O)CN4C(=O)[C@@H](NC(=O)C4(F)CC4)C(C)(C)C)c4ccc(-c5scnc5C)cc4)cc3)n2)c1. The Morgan fingerprint density at radius 1 is 0.938 bits per heavy atom. The van der Waals surface area contributed by atoms with Gasteiger partial charge in [0.2, 0.25) is 23.6 Å². The monoisotopic (exact) mass is 1120 g/mol. The molecule has 21 heteroatoms. The number of nitrogens with zero attached hydrogens (tertiary/aromatic N) is 6. The first-order valence-corrected chi connectivity index (χ1v) is 28.4. The van der Waals surface area contributed by atoms with Gasteiger partial charge >= 0.3 is 6.01 Å². The number of carbonyl (C=O) groups excluding carboxylic acids is 5. The Labute approximate surface area is 470 Å². The number of aliphatic hydroxyl groups excluding tert-OH is 1. The van der Waals surface area contributed by atoms with E-state index in [0.717, 1.165) is 44.2 Å². The van der Waals surface area contributed by atoms with E-state index in [-0.39, 0.29) is 56.5 Å². The zero-order valence-electron chi connectivity index (χ0n) is 46.3. The van der Waals surface area contributed by atoms with Crippen LogP contribution in [0.3, 0.4) is 0 Å². The zero-order valence-corrected chi connectivity index (χ0v) is 47.1. The molecule has 19 nitrogen and oxygen atoms in total. The molecule has 0 spiro atoms. The van der Waals surface area contributed by atoms with Gasteiger partial charge < -0.3 is 45.6 Å². The molecular weight excluding hydrogens is 1040 g/mol. The number of nitrogens with one attached hydrogen (secondary N) is 5. The van der Waals surface area contributed by atoms with Crippen LogP contribution in [0.15, 0.2) is 89.5 Å². The predicted molar refractivity (Wildman–Crippen MR) is 306 cm³/mol. The van der Waals surface area contributed by atoms with E-state index in [9.17, 15) is 33.5 Å². The minimum absolute atomic E-state index is 0.0325. The summed E-state index contributed by atoms with van der Waals surface area (Å²) in [6, 6.07) is 22.5. The molecule has 3 aliphatic rings. The molecule has 2 aromatic heterocycles. The van der Waals surface area contributed by atoms with E-state index in [2.05, 4.69) is 51.6 Å². The molecule has 2 aliphatic heterocycles. The Bertz CT molecular complexity index is 2960. The van der Waals surface area contributed by atoms with E-state index in [1.807, 2.05) is 92.7 Å². The Balaban J connectivity index is 0.773. The summed E-state index contributed by atoms with van der Waals surface area (Å²) in [5.41, 5.74) is 8.36. The molecule has 80 heavy (non-hydrogen) atoms. The van der Waals surface area contributed by atoms with Crippen molar-refractivity contribution in [1.82, 2.24) is 35.8 Å². The molecule has 0 bridgehead atoms. The van der Waals surface area contributed by atoms with Gasteiger partial charge in [-0.1, -0.05) is 93.4 Å². The molecule has 8 rings (SSSR count). The van der Waals surface area contributed by atoms with Crippen molar-refractivity contribution >= 4 is 64.4 Å². The van der Waals surface area contributed by atoms with Crippen LogP contribution in [0.2, 0.25) is 0 Å². The first-order chi connectivity index (χ1) is 38.4. The number of aryl methyl sites for hydroxylation is 2. The summed E-state index contributed by atoms with van der Waals surface area (Å²) < 4.78 is 26.4. The van der Waals surface area contributed by atoms with Crippen LogP contribution in [0.25, 0.3) is 10.4 Å². The van der Waals surface area contributed by atoms with Crippen LogP contribution in [0.1, 0.15) is 113 Å². The number of morpholine rings is 1. The summed E-state index contributed by atoms with van der Waals surface area (Å²) >= 11 is 1.52. The second-order valence-electron chi connectivity index (χ2n) is 21.9. The number of halogens is 1. The van der Waals surface area contributed by atoms with Gasteiger partial charge in [0.05, 0.1) is 54.3 Å². The Morgan fingerprint density at radius 3 is 2.40 bits per heavy atom. The Kier molecular flexibility index (Phi) is 20.0. The molecule has 5 aromatic rings. The molecule has 4 atom stereocenters. The molecule has 4 heterocycles. The zero-order chi connectivity index (χ0) is 56.8. The highest BCUT2D eigenvalue weighted by Crippen LogP contribution is 2.41. The summed E-state index contributed by atoms with van der Waals surface area (Å²) in [4.78, 5) is 85.3. The lowest BCUT2D eigenvalue weighted by molar-refractivity contribution is -0.145. The predicted octanol–water partition coefficient (Wildman–Crippen LogP) is 7.37. The van der Waals surface area contributed by atoms with E-state index in [1.165, 1.54) is 16.2 Å². The Morgan fingerprint density at radius 2 is 1.70 bits per heavy atom. The third kappa shape index (κ3) is 16.6. The Hall–Kier alpha value is -7.36. The minimum atomic E-state index is -2.01. The number of carbonyl (C=O) groups is 5. The van der Waals surface area contributed by atoms with Crippen molar-refractivity contribution in [3.05, 3.63) is 112 Å². The van der Waals surface area contributed by atoms with Gasteiger partial charge in [0, 0.05) is 63.6 Å². The number of likely N-dealkylation sites (tertiary alicyclic amines) is 1. The second kappa shape index (κ2) is 27.2. The van der Waals surface area contributed by atoms with Crippen molar-refractivity contribution < 1.29 is 42.9 Å². The number of unbranched alkanes of at least 4 members (excludes halogenated alkanes) is 2. The smallest absolute Gasteiger partial charge is 0.320 e. The molecule has 426 valence electrons. The van der Waals surface area contributed by atoms with E-state index in [1.54, 1.807) is 32.5 Å². The highest BCUT2D eigenvalue weighted by atomic mass is 32.1. The topological polar surface area (TPSA) is 242 Å².